The monoisotopic (exact) mass is 304 g/mol. The summed E-state index contributed by atoms with van der Waals surface area (Å²) in [6.45, 7) is 2.25. The normalized spacial score (nSPS) is 22.4. The molecule has 0 spiro atoms. The average Bonchev–Trinajstić information content (AvgIpc) is 2.93. The number of hydrogen-bond acceptors (Lipinski definition) is 1. The van der Waals surface area contributed by atoms with Crippen LogP contribution in [-0.2, 0) is 4.79 Å². The molecule has 1 rings (SSSR count). The summed E-state index contributed by atoms with van der Waals surface area (Å²) in [5, 5.41) is 8.51. The molecule has 1 aliphatic carbocycles. The van der Waals surface area contributed by atoms with Crippen molar-refractivity contribution in [2.45, 2.75) is 71.1 Å². The molecule has 1 N–H and O–H groups in total. The van der Waals surface area contributed by atoms with Gasteiger partial charge in [0, 0.05) is 6.08 Å². The molecule has 1 saturated carbocycles. The standard InChI is InChI=1S/C20H32O2/c1-2-3-4-5-6-9-13-18-15-12-16-19(18)14-10-7-8-11-17-20(21)22/h7,9-11,13,17-19H,2-6,8,12,14-16H2,1H3,(H,21,22)/t18-,19-/m0/s1. The van der Waals surface area contributed by atoms with E-state index < -0.39 is 5.97 Å². The Labute approximate surface area is 136 Å². The van der Waals surface area contributed by atoms with E-state index in [9.17, 15) is 4.79 Å². The maximum Gasteiger partial charge on any atom is 0.327 e. The van der Waals surface area contributed by atoms with Crippen LogP contribution in [0.2, 0.25) is 0 Å². The van der Waals surface area contributed by atoms with Crippen molar-refractivity contribution in [1.29, 1.82) is 0 Å². The highest BCUT2D eigenvalue weighted by Crippen LogP contribution is 2.35. The molecule has 0 radical (unpaired) electrons. The van der Waals surface area contributed by atoms with Gasteiger partial charge in [-0.25, -0.2) is 4.79 Å². The van der Waals surface area contributed by atoms with Crippen LogP contribution in [0, 0.1) is 11.8 Å². The van der Waals surface area contributed by atoms with Crippen LogP contribution in [-0.4, -0.2) is 11.1 Å². The number of hydrogen-bond donors (Lipinski definition) is 1. The highest BCUT2D eigenvalue weighted by molar-refractivity contribution is 5.79. The van der Waals surface area contributed by atoms with Crippen molar-refractivity contribution >= 4 is 5.97 Å². The summed E-state index contributed by atoms with van der Waals surface area (Å²) in [6.07, 6.45) is 24.5. The van der Waals surface area contributed by atoms with E-state index in [4.69, 9.17) is 5.11 Å². The minimum atomic E-state index is -0.867. The zero-order valence-electron chi connectivity index (χ0n) is 14.0. The highest BCUT2D eigenvalue weighted by Gasteiger charge is 2.23. The number of carbonyl (C=O) groups is 1. The summed E-state index contributed by atoms with van der Waals surface area (Å²) < 4.78 is 0. The van der Waals surface area contributed by atoms with Crippen molar-refractivity contribution < 1.29 is 9.90 Å². The van der Waals surface area contributed by atoms with E-state index in [0.29, 0.717) is 0 Å². The van der Waals surface area contributed by atoms with Crippen molar-refractivity contribution in [1.82, 2.24) is 0 Å². The van der Waals surface area contributed by atoms with Crippen LogP contribution in [0.15, 0.2) is 36.5 Å². The van der Waals surface area contributed by atoms with E-state index >= 15 is 0 Å². The molecule has 22 heavy (non-hydrogen) atoms. The SMILES string of the molecule is CCCCCCC=C[C@H]1CCC[C@@H]1CC=CCC=CC(=O)O. The van der Waals surface area contributed by atoms with Gasteiger partial charge in [-0.15, -0.1) is 0 Å². The minimum absolute atomic E-state index is 0.719. The van der Waals surface area contributed by atoms with E-state index in [1.807, 2.05) is 0 Å². The third-order valence-electron chi connectivity index (χ3n) is 4.46. The zero-order valence-corrected chi connectivity index (χ0v) is 14.0. The molecule has 0 heterocycles. The zero-order chi connectivity index (χ0) is 16.0. The minimum Gasteiger partial charge on any atom is -0.478 e. The van der Waals surface area contributed by atoms with Crippen molar-refractivity contribution in [2.75, 3.05) is 0 Å². The summed E-state index contributed by atoms with van der Waals surface area (Å²) in [5.74, 6) is 0.672. The summed E-state index contributed by atoms with van der Waals surface area (Å²) in [5.41, 5.74) is 0. The largest absolute Gasteiger partial charge is 0.478 e. The Morgan fingerprint density at radius 1 is 1.09 bits per heavy atom. The molecule has 0 bridgehead atoms. The third-order valence-corrected chi connectivity index (χ3v) is 4.46. The second kappa shape index (κ2) is 12.3. The van der Waals surface area contributed by atoms with Gasteiger partial charge in [0.2, 0.25) is 0 Å². The van der Waals surface area contributed by atoms with Crippen molar-refractivity contribution in [3.63, 3.8) is 0 Å². The molecule has 0 amide bonds. The Balaban J connectivity index is 2.20. The van der Waals surface area contributed by atoms with Gasteiger partial charge in [0.1, 0.15) is 0 Å². The van der Waals surface area contributed by atoms with E-state index in [0.717, 1.165) is 24.7 Å². The van der Waals surface area contributed by atoms with Crippen LogP contribution in [0.1, 0.15) is 71.1 Å². The molecule has 2 nitrogen and oxygen atoms in total. The van der Waals surface area contributed by atoms with Crippen molar-refractivity contribution in [3.8, 4) is 0 Å². The van der Waals surface area contributed by atoms with Gasteiger partial charge in [0.05, 0.1) is 0 Å². The summed E-state index contributed by atoms with van der Waals surface area (Å²) in [4.78, 5) is 10.3. The van der Waals surface area contributed by atoms with Gasteiger partial charge in [-0.3, -0.25) is 0 Å². The van der Waals surface area contributed by atoms with Crippen LogP contribution in [0.3, 0.4) is 0 Å². The summed E-state index contributed by atoms with van der Waals surface area (Å²) in [6, 6.07) is 0. The second-order valence-corrected chi connectivity index (χ2v) is 6.32. The van der Waals surface area contributed by atoms with Gasteiger partial charge in [-0.1, -0.05) is 63.0 Å². The number of allylic oxidation sites excluding steroid dienone is 5. The molecule has 1 aliphatic rings. The van der Waals surface area contributed by atoms with Gasteiger partial charge >= 0.3 is 5.97 Å². The lowest BCUT2D eigenvalue weighted by atomic mass is 9.92. The maximum atomic E-state index is 10.3. The number of carboxylic acid groups (broad SMARTS) is 1. The molecule has 2 heteroatoms. The van der Waals surface area contributed by atoms with Crippen molar-refractivity contribution in [2.24, 2.45) is 11.8 Å². The van der Waals surface area contributed by atoms with Gasteiger partial charge < -0.3 is 5.11 Å². The van der Waals surface area contributed by atoms with Gasteiger partial charge in [-0.05, 0) is 50.4 Å². The number of aliphatic carboxylic acids is 1. The fraction of sp³-hybridized carbons (Fsp3) is 0.650. The van der Waals surface area contributed by atoms with E-state index in [1.165, 1.54) is 57.4 Å². The second-order valence-electron chi connectivity index (χ2n) is 6.32. The van der Waals surface area contributed by atoms with E-state index in [2.05, 4.69) is 31.2 Å². The van der Waals surface area contributed by atoms with E-state index in [1.54, 1.807) is 6.08 Å². The molecular weight excluding hydrogens is 272 g/mol. The highest BCUT2D eigenvalue weighted by atomic mass is 16.4. The first kappa shape index (κ1) is 18.7. The van der Waals surface area contributed by atoms with Gasteiger partial charge in [-0.2, -0.15) is 0 Å². The Morgan fingerprint density at radius 3 is 2.73 bits per heavy atom. The molecule has 0 aromatic rings. The lowest BCUT2D eigenvalue weighted by Gasteiger charge is -2.13. The first-order valence-corrected chi connectivity index (χ1v) is 8.95. The lowest BCUT2D eigenvalue weighted by molar-refractivity contribution is -0.131. The molecule has 0 aliphatic heterocycles. The Kier molecular flexibility index (Phi) is 10.4. The third kappa shape index (κ3) is 8.86. The number of rotatable bonds is 11. The Bertz CT molecular complexity index is 379. The molecule has 0 aromatic heterocycles. The maximum absolute atomic E-state index is 10.3. The quantitative estimate of drug-likeness (QED) is 0.293. The topological polar surface area (TPSA) is 37.3 Å². The molecule has 1 fully saturated rings. The molecule has 0 saturated heterocycles. The molecule has 124 valence electrons. The number of unbranched alkanes of at least 4 members (excludes halogenated alkanes) is 4. The predicted molar refractivity (Wildman–Crippen MR) is 93.9 cm³/mol. The van der Waals surface area contributed by atoms with Gasteiger partial charge in [0.15, 0.2) is 0 Å². The first-order valence-electron chi connectivity index (χ1n) is 8.95. The van der Waals surface area contributed by atoms with Crippen LogP contribution in [0.5, 0.6) is 0 Å². The van der Waals surface area contributed by atoms with Crippen LogP contribution in [0.4, 0.5) is 0 Å². The van der Waals surface area contributed by atoms with Crippen LogP contribution >= 0.6 is 0 Å². The Hall–Kier alpha value is -1.31. The lowest BCUT2D eigenvalue weighted by Crippen LogP contribution is -2.03. The Morgan fingerprint density at radius 2 is 1.95 bits per heavy atom. The fourth-order valence-electron chi connectivity index (χ4n) is 3.19. The van der Waals surface area contributed by atoms with Crippen molar-refractivity contribution in [3.05, 3.63) is 36.5 Å². The van der Waals surface area contributed by atoms with Gasteiger partial charge in [0.25, 0.3) is 0 Å². The fourth-order valence-corrected chi connectivity index (χ4v) is 3.19. The smallest absolute Gasteiger partial charge is 0.327 e. The molecule has 0 aromatic carbocycles. The molecule has 2 atom stereocenters. The first-order chi connectivity index (χ1) is 10.7. The average molecular weight is 304 g/mol. The summed E-state index contributed by atoms with van der Waals surface area (Å²) >= 11 is 0. The van der Waals surface area contributed by atoms with E-state index in [-0.39, 0.29) is 0 Å². The van der Waals surface area contributed by atoms with Crippen LogP contribution in [0.25, 0.3) is 0 Å². The molecular formula is C20H32O2. The summed E-state index contributed by atoms with van der Waals surface area (Å²) in [7, 11) is 0. The predicted octanol–water partition coefficient (Wildman–Crippen LogP) is 5.91. The molecule has 0 unspecified atom stereocenters. The van der Waals surface area contributed by atoms with Crippen LogP contribution < -0.4 is 0 Å². The number of carboxylic acids is 1.